The van der Waals surface area contributed by atoms with E-state index in [1.807, 2.05) is 6.92 Å². The third-order valence-corrected chi connectivity index (χ3v) is 6.17. The van der Waals surface area contributed by atoms with Crippen molar-refractivity contribution in [2.75, 3.05) is 4.31 Å². The molecule has 0 saturated heterocycles. The van der Waals surface area contributed by atoms with Crippen molar-refractivity contribution in [3.8, 4) is 0 Å². The van der Waals surface area contributed by atoms with E-state index >= 15 is 0 Å². The monoisotopic (exact) mass is 430 g/mol. The highest BCUT2D eigenvalue weighted by Crippen LogP contribution is 2.30. The van der Waals surface area contributed by atoms with E-state index in [1.54, 1.807) is 18.2 Å². The van der Waals surface area contributed by atoms with Crippen LogP contribution in [0.15, 0.2) is 77.7 Å². The highest BCUT2D eigenvalue weighted by molar-refractivity contribution is 7.93. The predicted octanol–water partition coefficient (Wildman–Crippen LogP) is 4.59. The van der Waals surface area contributed by atoms with Crippen LogP contribution < -0.4 is 4.31 Å². The van der Waals surface area contributed by atoms with Crippen molar-refractivity contribution in [3.05, 3.63) is 99.1 Å². The van der Waals surface area contributed by atoms with Gasteiger partial charge in [0.05, 0.1) is 15.5 Å². The number of carbonyl (C=O) groups is 1. The van der Waals surface area contributed by atoms with Crippen LogP contribution in [0.5, 0.6) is 0 Å². The minimum absolute atomic E-state index is 0.0858. The molecule has 0 heterocycles. The van der Waals surface area contributed by atoms with Crippen LogP contribution >= 0.6 is 11.6 Å². The fraction of sp³-hybridized carbons (Fsp3) is 0.0500. The number of sulfonamides is 1. The van der Waals surface area contributed by atoms with Gasteiger partial charge in [0.15, 0.2) is 0 Å². The van der Waals surface area contributed by atoms with E-state index in [1.165, 1.54) is 48.5 Å². The number of hydrogen-bond donors (Lipinski definition) is 0. The first-order valence-corrected chi connectivity index (χ1v) is 10.2. The zero-order valence-electron chi connectivity index (χ0n) is 15.2. The molecule has 0 aliphatic rings. The molecule has 0 unspecified atom stereocenters. The Morgan fingerprint density at radius 2 is 1.62 bits per heavy atom. The molecule has 0 atom stereocenters. The largest absolute Gasteiger partial charge is 0.288 e. The Morgan fingerprint density at radius 3 is 2.21 bits per heavy atom. The fourth-order valence-electron chi connectivity index (χ4n) is 2.65. The van der Waals surface area contributed by atoms with Crippen LogP contribution in [0, 0.1) is 17.0 Å². The van der Waals surface area contributed by atoms with Gasteiger partial charge in [0.2, 0.25) is 0 Å². The van der Waals surface area contributed by atoms with E-state index in [0.29, 0.717) is 4.31 Å². The summed E-state index contributed by atoms with van der Waals surface area (Å²) in [6.45, 7) is 1.82. The maximum atomic E-state index is 13.3. The first-order chi connectivity index (χ1) is 13.7. The SMILES string of the molecule is Cc1ccc(N(C(=O)c2ccc(Cl)c([N+](=O)[O-])c2)S(=O)(=O)c2ccccc2)cc1. The summed E-state index contributed by atoms with van der Waals surface area (Å²) in [5.41, 5.74) is 0.321. The highest BCUT2D eigenvalue weighted by atomic mass is 35.5. The Bertz CT molecular complexity index is 1180. The number of rotatable bonds is 5. The van der Waals surface area contributed by atoms with Crippen LogP contribution in [0.25, 0.3) is 0 Å². The second-order valence-electron chi connectivity index (χ2n) is 6.15. The van der Waals surface area contributed by atoms with E-state index in [-0.39, 0.29) is 21.2 Å². The van der Waals surface area contributed by atoms with Gasteiger partial charge in [0.25, 0.3) is 21.6 Å². The molecule has 0 saturated carbocycles. The third-order valence-electron chi connectivity index (χ3n) is 4.12. The van der Waals surface area contributed by atoms with Crippen molar-refractivity contribution in [1.29, 1.82) is 0 Å². The number of anilines is 1. The Kier molecular flexibility index (Phi) is 5.67. The van der Waals surface area contributed by atoms with Crippen molar-refractivity contribution in [1.82, 2.24) is 0 Å². The molecule has 29 heavy (non-hydrogen) atoms. The highest BCUT2D eigenvalue weighted by Gasteiger charge is 2.32. The van der Waals surface area contributed by atoms with E-state index < -0.39 is 26.5 Å². The van der Waals surface area contributed by atoms with E-state index in [9.17, 15) is 23.3 Å². The van der Waals surface area contributed by atoms with Crippen molar-refractivity contribution in [2.45, 2.75) is 11.8 Å². The van der Waals surface area contributed by atoms with Crippen LogP contribution in [0.2, 0.25) is 5.02 Å². The first kappa shape index (κ1) is 20.5. The van der Waals surface area contributed by atoms with Crippen molar-refractivity contribution in [2.24, 2.45) is 0 Å². The van der Waals surface area contributed by atoms with Gasteiger partial charge < -0.3 is 0 Å². The maximum absolute atomic E-state index is 13.3. The molecule has 7 nitrogen and oxygen atoms in total. The average molecular weight is 431 g/mol. The topological polar surface area (TPSA) is 97.6 Å². The summed E-state index contributed by atoms with van der Waals surface area (Å²) in [5, 5.41) is 11.0. The predicted molar refractivity (Wildman–Crippen MR) is 110 cm³/mol. The first-order valence-electron chi connectivity index (χ1n) is 8.37. The lowest BCUT2D eigenvalue weighted by Crippen LogP contribution is -2.37. The van der Waals surface area contributed by atoms with Gasteiger partial charge in [-0.15, -0.1) is 0 Å². The van der Waals surface area contributed by atoms with E-state index in [2.05, 4.69) is 0 Å². The zero-order valence-corrected chi connectivity index (χ0v) is 16.7. The molecule has 3 aromatic rings. The Morgan fingerprint density at radius 1 is 1.00 bits per heavy atom. The second kappa shape index (κ2) is 8.02. The minimum Gasteiger partial charge on any atom is -0.268 e. The van der Waals surface area contributed by atoms with Crippen LogP contribution in [-0.2, 0) is 10.0 Å². The lowest BCUT2D eigenvalue weighted by molar-refractivity contribution is -0.384. The molecule has 3 aromatic carbocycles. The summed E-state index contributed by atoms with van der Waals surface area (Å²) in [4.78, 5) is 23.6. The normalized spacial score (nSPS) is 11.1. The molecular formula is C20H15ClN2O5S. The minimum atomic E-state index is -4.28. The van der Waals surface area contributed by atoms with Gasteiger partial charge in [-0.3, -0.25) is 14.9 Å². The van der Waals surface area contributed by atoms with Crippen LogP contribution in [0.4, 0.5) is 11.4 Å². The number of halogens is 1. The van der Waals surface area contributed by atoms with Crippen molar-refractivity contribution >= 4 is 38.9 Å². The molecule has 9 heteroatoms. The molecule has 0 bridgehead atoms. The molecule has 3 rings (SSSR count). The standard InChI is InChI=1S/C20H15ClN2O5S/c1-14-7-10-16(11-8-14)22(29(27,28)17-5-3-2-4-6-17)20(24)15-9-12-18(21)19(13-15)23(25)26/h2-13H,1H3. The Balaban J connectivity index is 2.18. The van der Waals surface area contributed by atoms with Gasteiger partial charge in [-0.05, 0) is 43.3 Å². The number of nitro benzene ring substituents is 1. The molecule has 0 aliphatic carbocycles. The van der Waals surface area contributed by atoms with Crippen LogP contribution in [0.1, 0.15) is 15.9 Å². The van der Waals surface area contributed by atoms with Gasteiger partial charge >= 0.3 is 0 Å². The van der Waals surface area contributed by atoms with Gasteiger partial charge in [-0.1, -0.05) is 47.5 Å². The van der Waals surface area contributed by atoms with Gasteiger partial charge in [-0.2, -0.15) is 4.31 Å². The van der Waals surface area contributed by atoms with Crippen LogP contribution in [0.3, 0.4) is 0 Å². The number of aryl methyl sites for hydroxylation is 1. The summed E-state index contributed by atoms with van der Waals surface area (Å²) < 4.78 is 27.2. The zero-order chi connectivity index (χ0) is 21.2. The molecule has 0 aromatic heterocycles. The number of amides is 1. The molecule has 148 valence electrons. The summed E-state index contributed by atoms with van der Waals surface area (Å²) in [6.07, 6.45) is 0. The average Bonchev–Trinajstić information content (AvgIpc) is 2.70. The summed E-state index contributed by atoms with van der Waals surface area (Å²) >= 11 is 5.81. The number of carbonyl (C=O) groups excluding carboxylic acids is 1. The van der Waals surface area contributed by atoms with Gasteiger partial charge in [0, 0.05) is 11.6 Å². The van der Waals surface area contributed by atoms with E-state index in [4.69, 9.17) is 11.6 Å². The second-order valence-corrected chi connectivity index (χ2v) is 8.34. The molecule has 0 aliphatic heterocycles. The fourth-order valence-corrected chi connectivity index (χ4v) is 4.27. The summed E-state index contributed by atoms with van der Waals surface area (Å²) in [7, 11) is -4.28. The molecule has 0 radical (unpaired) electrons. The van der Waals surface area contributed by atoms with Gasteiger partial charge in [-0.25, -0.2) is 8.42 Å². The summed E-state index contributed by atoms with van der Waals surface area (Å²) in [6, 6.07) is 17.2. The van der Waals surface area contributed by atoms with Crippen molar-refractivity contribution in [3.63, 3.8) is 0 Å². The molecule has 0 spiro atoms. The molecule has 0 fully saturated rings. The number of benzene rings is 3. The number of nitro groups is 1. The Hall–Kier alpha value is -3.23. The molecular weight excluding hydrogens is 416 g/mol. The molecule has 1 amide bonds. The number of hydrogen-bond acceptors (Lipinski definition) is 5. The smallest absolute Gasteiger partial charge is 0.268 e. The van der Waals surface area contributed by atoms with Gasteiger partial charge in [0.1, 0.15) is 5.02 Å². The quantitative estimate of drug-likeness (QED) is 0.435. The Labute approximate surface area is 172 Å². The van der Waals surface area contributed by atoms with Crippen LogP contribution in [-0.4, -0.2) is 19.2 Å². The summed E-state index contributed by atoms with van der Waals surface area (Å²) in [5.74, 6) is -0.933. The maximum Gasteiger partial charge on any atom is 0.288 e. The van der Waals surface area contributed by atoms with E-state index in [0.717, 1.165) is 11.6 Å². The lowest BCUT2D eigenvalue weighted by Gasteiger charge is -2.23. The van der Waals surface area contributed by atoms with Crippen molar-refractivity contribution < 1.29 is 18.1 Å². The molecule has 0 N–H and O–H groups in total. The third kappa shape index (κ3) is 4.13. The lowest BCUT2D eigenvalue weighted by atomic mass is 10.1. The number of nitrogens with zero attached hydrogens (tertiary/aromatic N) is 2.